The van der Waals surface area contributed by atoms with E-state index in [4.69, 9.17) is 9.47 Å². The molecule has 0 aliphatic carbocycles. The molecule has 1 aromatic heterocycles. The lowest BCUT2D eigenvalue weighted by Gasteiger charge is -2.29. The van der Waals surface area contributed by atoms with E-state index in [9.17, 15) is 4.79 Å². The van der Waals surface area contributed by atoms with Gasteiger partial charge in [-0.15, -0.1) is 10.2 Å². The predicted molar refractivity (Wildman–Crippen MR) is 90.7 cm³/mol. The number of aryl methyl sites for hydroxylation is 1. The van der Waals surface area contributed by atoms with Crippen molar-refractivity contribution in [3.8, 4) is 11.5 Å². The number of carbonyl (C=O) groups excluding carboxylic acids is 1. The summed E-state index contributed by atoms with van der Waals surface area (Å²) in [5, 5.41) is 11.6. The Morgan fingerprint density at radius 2 is 2.08 bits per heavy atom. The number of amides is 1. The Labute approximate surface area is 146 Å². The van der Waals surface area contributed by atoms with Crippen LogP contribution in [0.15, 0.2) is 24.3 Å². The number of nitrogens with zero attached hydrogens (tertiary/aromatic N) is 3. The molecule has 2 aliphatic rings. The highest BCUT2D eigenvalue weighted by molar-refractivity contribution is 5.82. The molecule has 25 heavy (non-hydrogen) atoms. The quantitative estimate of drug-likeness (QED) is 0.918. The van der Waals surface area contributed by atoms with E-state index in [1.54, 1.807) is 0 Å². The van der Waals surface area contributed by atoms with E-state index in [2.05, 4.69) is 33.9 Å². The molecule has 132 valence electrons. The Balaban J connectivity index is 1.41. The first-order valence-corrected chi connectivity index (χ1v) is 8.72. The zero-order chi connectivity index (χ0) is 17.4. The zero-order valence-electron chi connectivity index (χ0n) is 14.4. The summed E-state index contributed by atoms with van der Waals surface area (Å²) in [5.41, 5.74) is 0. The summed E-state index contributed by atoms with van der Waals surface area (Å²) in [6.45, 7) is 5.13. The molecule has 0 radical (unpaired) electrons. The highest BCUT2D eigenvalue weighted by Crippen LogP contribution is 2.31. The molecule has 1 aromatic carbocycles. The van der Waals surface area contributed by atoms with Crippen LogP contribution in [0, 0.1) is 0 Å². The SMILES string of the molecule is CC(C)c1nnc2n1C[C@@H](NC(=O)[C@@H]1COc3ccccc3O1)CC2. The van der Waals surface area contributed by atoms with Crippen LogP contribution in [0.3, 0.4) is 0 Å². The van der Waals surface area contributed by atoms with E-state index in [1.807, 2.05) is 24.3 Å². The molecule has 0 bridgehead atoms. The molecule has 0 saturated carbocycles. The Morgan fingerprint density at radius 3 is 2.88 bits per heavy atom. The second kappa shape index (κ2) is 6.38. The van der Waals surface area contributed by atoms with Crippen molar-refractivity contribution in [2.75, 3.05) is 6.61 Å². The summed E-state index contributed by atoms with van der Waals surface area (Å²) in [6, 6.07) is 7.45. The first-order chi connectivity index (χ1) is 12.1. The van der Waals surface area contributed by atoms with E-state index in [1.165, 1.54) is 0 Å². The Morgan fingerprint density at radius 1 is 1.28 bits per heavy atom. The number of aromatic nitrogens is 3. The summed E-state index contributed by atoms with van der Waals surface area (Å²) >= 11 is 0. The van der Waals surface area contributed by atoms with Crippen molar-refractivity contribution in [2.24, 2.45) is 0 Å². The number of nitrogens with one attached hydrogen (secondary N) is 1. The lowest BCUT2D eigenvalue weighted by atomic mass is 10.1. The molecule has 2 atom stereocenters. The zero-order valence-corrected chi connectivity index (χ0v) is 14.4. The summed E-state index contributed by atoms with van der Waals surface area (Å²) < 4.78 is 13.5. The second-order valence-electron chi connectivity index (χ2n) is 6.85. The predicted octanol–water partition coefficient (Wildman–Crippen LogP) is 1.67. The molecular formula is C18H22N4O3. The van der Waals surface area contributed by atoms with Crippen molar-refractivity contribution in [2.45, 2.75) is 51.3 Å². The van der Waals surface area contributed by atoms with E-state index >= 15 is 0 Å². The van der Waals surface area contributed by atoms with Gasteiger partial charge in [0.1, 0.15) is 18.3 Å². The molecule has 1 amide bonds. The second-order valence-corrected chi connectivity index (χ2v) is 6.85. The maximum absolute atomic E-state index is 12.6. The highest BCUT2D eigenvalue weighted by atomic mass is 16.6. The van der Waals surface area contributed by atoms with Crippen LogP contribution in [-0.4, -0.2) is 39.4 Å². The summed E-state index contributed by atoms with van der Waals surface area (Å²) in [4.78, 5) is 12.6. The van der Waals surface area contributed by atoms with E-state index in [-0.39, 0.29) is 18.6 Å². The van der Waals surface area contributed by atoms with E-state index in [0.717, 1.165) is 24.5 Å². The van der Waals surface area contributed by atoms with Gasteiger partial charge in [-0.05, 0) is 18.6 Å². The minimum Gasteiger partial charge on any atom is -0.485 e. The van der Waals surface area contributed by atoms with Gasteiger partial charge in [0.2, 0.25) is 6.10 Å². The van der Waals surface area contributed by atoms with Gasteiger partial charge >= 0.3 is 0 Å². The molecule has 0 spiro atoms. The molecule has 2 aromatic rings. The minimum absolute atomic E-state index is 0.0503. The van der Waals surface area contributed by atoms with Crippen molar-refractivity contribution in [1.29, 1.82) is 0 Å². The average molecular weight is 342 g/mol. The van der Waals surface area contributed by atoms with Gasteiger partial charge in [0.15, 0.2) is 11.5 Å². The van der Waals surface area contributed by atoms with Crippen molar-refractivity contribution < 1.29 is 14.3 Å². The molecule has 7 heteroatoms. The number of rotatable bonds is 3. The number of benzene rings is 1. The Hall–Kier alpha value is -2.57. The number of hydrogen-bond donors (Lipinski definition) is 1. The fourth-order valence-corrected chi connectivity index (χ4v) is 3.34. The minimum atomic E-state index is -0.623. The maximum Gasteiger partial charge on any atom is 0.264 e. The molecule has 0 saturated heterocycles. The summed E-state index contributed by atoms with van der Waals surface area (Å²) in [6.07, 6.45) is 1.04. The number of ether oxygens (including phenoxy) is 2. The number of carbonyl (C=O) groups is 1. The smallest absolute Gasteiger partial charge is 0.264 e. The fraction of sp³-hybridized carbons (Fsp3) is 0.500. The van der Waals surface area contributed by atoms with Gasteiger partial charge in [-0.3, -0.25) is 4.79 Å². The van der Waals surface area contributed by atoms with Gasteiger partial charge < -0.3 is 19.4 Å². The molecule has 1 N–H and O–H groups in total. The third-order valence-electron chi connectivity index (χ3n) is 4.64. The van der Waals surface area contributed by atoms with Crippen molar-refractivity contribution >= 4 is 5.91 Å². The van der Waals surface area contributed by atoms with E-state index < -0.39 is 6.10 Å². The Bertz CT molecular complexity index is 786. The van der Waals surface area contributed by atoms with Crippen LogP contribution in [0.4, 0.5) is 0 Å². The largest absolute Gasteiger partial charge is 0.485 e. The molecule has 2 aliphatic heterocycles. The number of para-hydroxylation sites is 2. The summed E-state index contributed by atoms with van der Waals surface area (Å²) in [7, 11) is 0. The lowest BCUT2D eigenvalue weighted by Crippen LogP contribution is -2.50. The first-order valence-electron chi connectivity index (χ1n) is 8.72. The number of fused-ring (bicyclic) bond motifs is 2. The molecule has 0 unspecified atom stereocenters. The third-order valence-corrected chi connectivity index (χ3v) is 4.64. The van der Waals surface area contributed by atoms with Crippen molar-refractivity contribution in [1.82, 2.24) is 20.1 Å². The fourth-order valence-electron chi connectivity index (χ4n) is 3.34. The van der Waals surface area contributed by atoms with Crippen LogP contribution < -0.4 is 14.8 Å². The van der Waals surface area contributed by atoms with Gasteiger partial charge in [0.25, 0.3) is 5.91 Å². The first kappa shape index (κ1) is 15.9. The molecular weight excluding hydrogens is 320 g/mol. The van der Waals surface area contributed by atoms with Crippen LogP contribution in [0.5, 0.6) is 11.5 Å². The topological polar surface area (TPSA) is 78.3 Å². The van der Waals surface area contributed by atoms with Crippen LogP contribution in [0.25, 0.3) is 0 Å². The maximum atomic E-state index is 12.6. The van der Waals surface area contributed by atoms with Gasteiger partial charge in [-0.1, -0.05) is 26.0 Å². The van der Waals surface area contributed by atoms with Gasteiger partial charge in [0.05, 0.1) is 0 Å². The van der Waals surface area contributed by atoms with Crippen LogP contribution in [0.2, 0.25) is 0 Å². The van der Waals surface area contributed by atoms with Crippen LogP contribution >= 0.6 is 0 Å². The van der Waals surface area contributed by atoms with Gasteiger partial charge in [-0.25, -0.2) is 0 Å². The third kappa shape index (κ3) is 3.06. The molecule has 3 heterocycles. The standard InChI is InChI=1S/C18H22N4O3/c1-11(2)17-21-20-16-8-7-12(9-22(16)17)19-18(23)15-10-24-13-5-3-4-6-14(13)25-15/h3-6,11-12,15H,7-10H2,1-2H3,(H,19,23)/t12-,15-/m0/s1. The molecule has 0 fully saturated rings. The van der Waals surface area contributed by atoms with E-state index in [0.29, 0.717) is 24.0 Å². The van der Waals surface area contributed by atoms with Crippen molar-refractivity contribution in [3.63, 3.8) is 0 Å². The lowest BCUT2D eigenvalue weighted by molar-refractivity contribution is -0.131. The molecule has 4 rings (SSSR count). The summed E-state index contributed by atoms with van der Waals surface area (Å²) in [5.74, 6) is 3.44. The monoisotopic (exact) mass is 342 g/mol. The van der Waals surface area contributed by atoms with Gasteiger partial charge in [0, 0.05) is 24.9 Å². The van der Waals surface area contributed by atoms with Crippen molar-refractivity contribution in [3.05, 3.63) is 35.9 Å². The average Bonchev–Trinajstić information content (AvgIpc) is 3.04. The molecule has 7 nitrogen and oxygen atoms in total. The number of hydrogen-bond acceptors (Lipinski definition) is 5. The highest BCUT2D eigenvalue weighted by Gasteiger charge is 2.31. The van der Waals surface area contributed by atoms with Crippen LogP contribution in [-0.2, 0) is 17.8 Å². The van der Waals surface area contributed by atoms with Crippen LogP contribution in [0.1, 0.15) is 37.8 Å². The Kier molecular flexibility index (Phi) is 4.07. The van der Waals surface area contributed by atoms with Gasteiger partial charge in [-0.2, -0.15) is 0 Å². The normalized spacial score (nSPS) is 21.7.